The molecule has 2 rings (SSSR count). The van der Waals surface area contributed by atoms with Crippen molar-refractivity contribution in [3.8, 4) is 0 Å². The summed E-state index contributed by atoms with van der Waals surface area (Å²) in [6.07, 6.45) is 10.3. The number of hydrogen-bond acceptors (Lipinski definition) is 3. The zero-order chi connectivity index (χ0) is 14.4. The van der Waals surface area contributed by atoms with E-state index in [-0.39, 0.29) is 5.54 Å². The molecule has 0 aromatic heterocycles. The van der Waals surface area contributed by atoms with E-state index >= 15 is 0 Å². The van der Waals surface area contributed by atoms with Gasteiger partial charge in [-0.2, -0.15) is 0 Å². The maximum absolute atomic E-state index is 12.7. The van der Waals surface area contributed by atoms with Crippen LogP contribution in [0.15, 0.2) is 0 Å². The van der Waals surface area contributed by atoms with Crippen molar-refractivity contribution >= 4 is 5.78 Å². The zero-order valence-corrected chi connectivity index (χ0v) is 13.3. The Kier molecular flexibility index (Phi) is 6.03. The van der Waals surface area contributed by atoms with Crippen LogP contribution in [0.2, 0.25) is 0 Å². The van der Waals surface area contributed by atoms with E-state index in [1.165, 1.54) is 32.1 Å². The molecule has 2 fully saturated rings. The average molecular weight is 281 g/mol. The van der Waals surface area contributed by atoms with Crippen molar-refractivity contribution in [1.29, 1.82) is 0 Å². The normalized spacial score (nSPS) is 27.4. The Morgan fingerprint density at radius 3 is 2.60 bits per heavy atom. The molecule has 0 N–H and O–H groups in total. The third-order valence-electron chi connectivity index (χ3n) is 5.30. The van der Waals surface area contributed by atoms with Crippen LogP contribution >= 0.6 is 0 Å². The lowest BCUT2D eigenvalue weighted by Crippen LogP contribution is -2.53. The predicted octanol–water partition coefficient (Wildman–Crippen LogP) is 3.56. The lowest BCUT2D eigenvalue weighted by Gasteiger charge is -2.42. The number of piperidine rings is 1. The van der Waals surface area contributed by atoms with Crippen LogP contribution in [0.1, 0.15) is 71.6 Å². The molecule has 0 bridgehead atoms. The van der Waals surface area contributed by atoms with E-state index in [1.807, 2.05) is 0 Å². The van der Waals surface area contributed by atoms with Crippen LogP contribution in [0.4, 0.5) is 0 Å². The summed E-state index contributed by atoms with van der Waals surface area (Å²) in [7, 11) is 0. The fourth-order valence-electron chi connectivity index (χ4n) is 3.62. The predicted molar refractivity (Wildman–Crippen MR) is 82.0 cm³/mol. The third-order valence-corrected chi connectivity index (χ3v) is 5.30. The lowest BCUT2D eigenvalue weighted by molar-refractivity contribution is -0.131. The topological polar surface area (TPSA) is 29.5 Å². The van der Waals surface area contributed by atoms with Gasteiger partial charge in [0.25, 0.3) is 0 Å². The molecule has 20 heavy (non-hydrogen) atoms. The minimum absolute atomic E-state index is 0.225. The van der Waals surface area contributed by atoms with E-state index in [4.69, 9.17) is 4.74 Å². The molecule has 3 heteroatoms. The lowest BCUT2D eigenvalue weighted by atomic mass is 9.86. The number of hydrogen-bond donors (Lipinski definition) is 0. The number of carbonyl (C=O) groups is 1. The van der Waals surface area contributed by atoms with Crippen molar-refractivity contribution in [2.75, 3.05) is 19.7 Å². The number of Topliss-reactive ketones (excluding diaryl/α,β-unsaturated/α-hetero) is 1. The van der Waals surface area contributed by atoms with Gasteiger partial charge in [0.1, 0.15) is 0 Å². The van der Waals surface area contributed by atoms with Gasteiger partial charge in [-0.1, -0.05) is 13.3 Å². The summed E-state index contributed by atoms with van der Waals surface area (Å²) in [6.45, 7) is 7.43. The smallest absolute Gasteiger partial charge is 0.152 e. The van der Waals surface area contributed by atoms with Crippen LogP contribution in [-0.2, 0) is 9.53 Å². The van der Waals surface area contributed by atoms with Gasteiger partial charge in [-0.25, -0.2) is 0 Å². The van der Waals surface area contributed by atoms with Gasteiger partial charge in [0.05, 0.1) is 11.6 Å². The third kappa shape index (κ3) is 3.82. The van der Waals surface area contributed by atoms with E-state index in [0.29, 0.717) is 11.9 Å². The van der Waals surface area contributed by atoms with Crippen molar-refractivity contribution in [3.05, 3.63) is 0 Å². The molecule has 0 saturated carbocycles. The van der Waals surface area contributed by atoms with Gasteiger partial charge in [-0.3, -0.25) is 9.69 Å². The van der Waals surface area contributed by atoms with Crippen molar-refractivity contribution in [3.63, 3.8) is 0 Å². The van der Waals surface area contributed by atoms with Gasteiger partial charge in [0.2, 0.25) is 0 Å². The van der Waals surface area contributed by atoms with Crippen LogP contribution in [-0.4, -0.2) is 42.0 Å². The molecular formula is C17H31NO2. The van der Waals surface area contributed by atoms with Crippen molar-refractivity contribution in [2.24, 2.45) is 0 Å². The maximum atomic E-state index is 12.7. The molecule has 116 valence electrons. The Hall–Kier alpha value is -0.410. The molecule has 0 aromatic carbocycles. The van der Waals surface area contributed by atoms with Crippen molar-refractivity contribution < 1.29 is 9.53 Å². The number of ether oxygens (including phenoxy) is 1. The van der Waals surface area contributed by atoms with Crippen LogP contribution in [0.5, 0.6) is 0 Å². The summed E-state index contributed by atoms with van der Waals surface area (Å²) in [4.78, 5) is 15.1. The Morgan fingerprint density at radius 1 is 1.25 bits per heavy atom. The number of nitrogens with zero attached hydrogens (tertiary/aromatic N) is 1. The summed E-state index contributed by atoms with van der Waals surface area (Å²) < 4.78 is 5.64. The molecular weight excluding hydrogens is 250 g/mol. The number of ketones is 1. The van der Waals surface area contributed by atoms with Crippen molar-refractivity contribution in [1.82, 2.24) is 4.90 Å². The molecule has 0 spiro atoms. The largest absolute Gasteiger partial charge is 0.378 e. The number of rotatable bonds is 7. The first-order chi connectivity index (χ1) is 9.66. The van der Waals surface area contributed by atoms with E-state index in [0.717, 1.165) is 45.4 Å². The summed E-state index contributed by atoms with van der Waals surface area (Å²) in [5, 5.41) is 0. The fraction of sp³-hybridized carbons (Fsp3) is 0.941. The molecule has 2 heterocycles. The standard InChI is InChI=1S/C17H31NO2/c1-3-17(2,18-12-5-4-6-13-18)16(19)11-7-9-15-10-8-14-20-15/h15H,3-14H2,1-2H3. The molecule has 2 aliphatic heterocycles. The molecule has 2 saturated heterocycles. The minimum atomic E-state index is -0.225. The molecule has 0 amide bonds. The second-order valence-corrected chi connectivity index (χ2v) is 6.63. The Bertz CT molecular complexity index is 306. The van der Waals surface area contributed by atoms with Gasteiger partial charge in [-0.15, -0.1) is 0 Å². The van der Waals surface area contributed by atoms with Crippen LogP contribution in [0.3, 0.4) is 0 Å². The Balaban J connectivity index is 1.80. The summed E-state index contributed by atoms with van der Waals surface area (Å²) in [5.74, 6) is 0.444. The van der Waals surface area contributed by atoms with Gasteiger partial charge >= 0.3 is 0 Å². The molecule has 0 radical (unpaired) electrons. The summed E-state index contributed by atoms with van der Waals surface area (Å²) >= 11 is 0. The molecule has 3 nitrogen and oxygen atoms in total. The first kappa shape index (κ1) is 16.0. The summed E-state index contributed by atoms with van der Waals surface area (Å²) in [5.41, 5.74) is -0.225. The quantitative estimate of drug-likeness (QED) is 0.714. The molecule has 0 aromatic rings. The maximum Gasteiger partial charge on any atom is 0.152 e. The van der Waals surface area contributed by atoms with Gasteiger partial charge in [-0.05, 0) is 65.0 Å². The number of carbonyl (C=O) groups excluding carboxylic acids is 1. The van der Waals surface area contributed by atoms with Crippen LogP contribution in [0.25, 0.3) is 0 Å². The second kappa shape index (κ2) is 7.56. The highest BCUT2D eigenvalue weighted by Crippen LogP contribution is 2.27. The first-order valence-corrected chi connectivity index (χ1v) is 8.57. The van der Waals surface area contributed by atoms with E-state index < -0.39 is 0 Å². The highest BCUT2D eigenvalue weighted by atomic mass is 16.5. The van der Waals surface area contributed by atoms with Crippen LogP contribution in [0, 0.1) is 0 Å². The first-order valence-electron chi connectivity index (χ1n) is 8.57. The van der Waals surface area contributed by atoms with Gasteiger partial charge < -0.3 is 4.74 Å². The number of likely N-dealkylation sites (tertiary alicyclic amines) is 1. The second-order valence-electron chi connectivity index (χ2n) is 6.63. The van der Waals surface area contributed by atoms with Crippen LogP contribution < -0.4 is 0 Å². The van der Waals surface area contributed by atoms with E-state index in [9.17, 15) is 4.79 Å². The zero-order valence-electron chi connectivity index (χ0n) is 13.3. The Labute approximate surface area is 124 Å². The average Bonchev–Trinajstić information content (AvgIpc) is 3.00. The SMILES string of the molecule is CCC(C)(C(=O)CCCC1CCCO1)N1CCCCC1. The Morgan fingerprint density at radius 2 is 2.00 bits per heavy atom. The molecule has 2 aliphatic rings. The van der Waals surface area contributed by atoms with Gasteiger partial charge in [0, 0.05) is 13.0 Å². The van der Waals surface area contributed by atoms with E-state index in [1.54, 1.807) is 0 Å². The molecule has 2 atom stereocenters. The molecule has 0 aliphatic carbocycles. The van der Waals surface area contributed by atoms with E-state index in [2.05, 4.69) is 18.7 Å². The van der Waals surface area contributed by atoms with Crippen molar-refractivity contribution in [2.45, 2.75) is 83.3 Å². The highest BCUT2D eigenvalue weighted by Gasteiger charge is 2.37. The van der Waals surface area contributed by atoms with Gasteiger partial charge in [0.15, 0.2) is 5.78 Å². The molecule has 2 unspecified atom stereocenters. The monoisotopic (exact) mass is 281 g/mol. The minimum Gasteiger partial charge on any atom is -0.378 e. The highest BCUT2D eigenvalue weighted by molar-refractivity contribution is 5.87. The fourth-order valence-corrected chi connectivity index (χ4v) is 3.62. The summed E-state index contributed by atoms with van der Waals surface area (Å²) in [6, 6.07) is 0.